The number of nitrogens with zero attached hydrogens (tertiary/aromatic N) is 1. The van der Waals surface area contributed by atoms with Crippen molar-refractivity contribution in [1.82, 2.24) is 4.57 Å². The van der Waals surface area contributed by atoms with Gasteiger partial charge in [0.25, 0.3) is 5.56 Å². The van der Waals surface area contributed by atoms with Crippen molar-refractivity contribution in [3.63, 3.8) is 0 Å². The van der Waals surface area contributed by atoms with Gasteiger partial charge in [0.2, 0.25) is 0 Å². The number of aromatic nitrogens is 1. The molecule has 3 rings (SSSR count). The van der Waals surface area contributed by atoms with Gasteiger partial charge in [-0.05, 0) is 40.8 Å². The van der Waals surface area contributed by atoms with Crippen LogP contribution in [-0.2, 0) is 6.42 Å². The highest BCUT2D eigenvalue weighted by Crippen LogP contribution is 2.35. The molecule has 0 radical (unpaired) electrons. The van der Waals surface area contributed by atoms with Crippen LogP contribution in [0.2, 0.25) is 0 Å². The van der Waals surface area contributed by atoms with E-state index in [1.165, 1.54) is 0 Å². The van der Waals surface area contributed by atoms with Gasteiger partial charge in [0.1, 0.15) is 0 Å². The average molecular weight is 252 g/mol. The SMILES string of the molecule is O=c1c2c(c(Br)cn1C1CC1)C=CC2. The molecule has 72 valence electrons. The highest BCUT2D eigenvalue weighted by atomic mass is 79.9. The minimum Gasteiger partial charge on any atom is -0.311 e. The Balaban J connectivity index is 2.27. The Morgan fingerprint density at radius 2 is 2.21 bits per heavy atom. The normalized spacial score (nSPS) is 18.6. The lowest BCUT2D eigenvalue weighted by molar-refractivity contribution is 0.696. The maximum absolute atomic E-state index is 12.0. The van der Waals surface area contributed by atoms with Crippen molar-refractivity contribution in [1.29, 1.82) is 0 Å². The van der Waals surface area contributed by atoms with E-state index in [2.05, 4.69) is 15.9 Å². The first-order valence-corrected chi connectivity index (χ1v) is 5.67. The molecule has 0 atom stereocenters. The maximum Gasteiger partial charge on any atom is 0.254 e. The first-order chi connectivity index (χ1) is 6.77. The van der Waals surface area contributed by atoms with Gasteiger partial charge in [0.05, 0.1) is 0 Å². The quantitative estimate of drug-likeness (QED) is 0.752. The van der Waals surface area contributed by atoms with Gasteiger partial charge in [-0.25, -0.2) is 0 Å². The zero-order chi connectivity index (χ0) is 9.71. The van der Waals surface area contributed by atoms with Gasteiger partial charge in [0.15, 0.2) is 0 Å². The predicted molar refractivity (Wildman–Crippen MR) is 59.4 cm³/mol. The zero-order valence-electron chi connectivity index (χ0n) is 7.66. The Labute approximate surface area is 90.4 Å². The zero-order valence-corrected chi connectivity index (χ0v) is 9.25. The maximum atomic E-state index is 12.0. The fraction of sp³-hybridized carbons (Fsp3) is 0.364. The van der Waals surface area contributed by atoms with Gasteiger partial charge >= 0.3 is 0 Å². The van der Waals surface area contributed by atoms with Gasteiger partial charge < -0.3 is 4.57 Å². The van der Waals surface area contributed by atoms with Crippen LogP contribution in [-0.4, -0.2) is 4.57 Å². The van der Waals surface area contributed by atoms with Crippen molar-refractivity contribution < 1.29 is 0 Å². The second-order valence-electron chi connectivity index (χ2n) is 3.92. The Morgan fingerprint density at radius 1 is 1.43 bits per heavy atom. The molecule has 0 bridgehead atoms. The van der Waals surface area contributed by atoms with E-state index in [0.29, 0.717) is 6.04 Å². The van der Waals surface area contributed by atoms with Crippen LogP contribution in [0.4, 0.5) is 0 Å². The molecule has 1 aromatic rings. The van der Waals surface area contributed by atoms with E-state index in [-0.39, 0.29) is 5.56 Å². The van der Waals surface area contributed by atoms with E-state index >= 15 is 0 Å². The monoisotopic (exact) mass is 251 g/mol. The van der Waals surface area contributed by atoms with E-state index in [4.69, 9.17) is 0 Å². The minimum atomic E-state index is 0.204. The molecule has 2 nitrogen and oxygen atoms in total. The highest BCUT2D eigenvalue weighted by molar-refractivity contribution is 9.10. The van der Waals surface area contributed by atoms with E-state index < -0.39 is 0 Å². The van der Waals surface area contributed by atoms with Crippen LogP contribution in [0.25, 0.3) is 6.08 Å². The van der Waals surface area contributed by atoms with Crippen molar-refractivity contribution in [3.05, 3.63) is 38.2 Å². The van der Waals surface area contributed by atoms with Crippen LogP contribution in [0, 0.1) is 0 Å². The number of fused-ring (bicyclic) bond motifs is 1. The number of hydrogen-bond acceptors (Lipinski definition) is 1. The van der Waals surface area contributed by atoms with Crippen molar-refractivity contribution in [3.8, 4) is 0 Å². The summed E-state index contributed by atoms with van der Waals surface area (Å²) in [4.78, 5) is 12.0. The molecule has 0 spiro atoms. The molecule has 0 saturated heterocycles. The molecular formula is C11H10BrNO. The lowest BCUT2D eigenvalue weighted by Gasteiger charge is -2.08. The molecule has 1 fully saturated rings. The Bertz CT molecular complexity index is 483. The molecule has 2 aliphatic carbocycles. The second kappa shape index (κ2) is 2.83. The molecule has 0 N–H and O–H groups in total. The van der Waals surface area contributed by atoms with Gasteiger partial charge in [-0.15, -0.1) is 0 Å². The Kier molecular flexibility index (Phi) is 1.71. The summed E-state index contributed by atoms with van der Waals surface area (Å²) in [5, 5.41) is 0. The third-order valence-electron chi connectivity index (χ3n) is 2.87. The van der Waals surface area contributed by atoms with E-state index in [9.17, 15) is 4.79 Å². The smallest absolute Gasteiger partial charge is 0.254 e. The molecule has 1 saturated carbocycles. The molecule has 0 amide bonds. The molecule has 0 aliphatic heterocycles. The van der Waals surface area contributed by atoms with E-state index in [0.717, 1.165) is 34.9 Å². The van der Waals surface area contributed by atoms with Crippen molar-refractivity contribution in [2.45, 2.75) is 25.3 Å². The summed E-state index contributed by atoms with van der Waals surface area (Å²) < 4.78 is 2.93. The summed E-state index contributed by atoms with van der Waals surface area (Å²) in [6.45, 7) is 0. The lowest BCUT2D eigenvalue weighted by atomic mass is 10.2. The van der Waals surface area contributed by atoms with Crippen LogP contribution in [0.5, 0.6) is 0 Å². The third-order valence-corrected chi connectivity index (χ3v) is 3.51. The Morgan fingerprint density at radius 3 is 2.93 bits per heavy atom. The third kappa shape index (κ3) is 1.12. The van der Waals surface area contributed by atoms with Crippen molar-refractivity contribution >= 4 is 22.0 Å². The summed E-state index contributed by atoms with van der Waals surface area (Å²) in [5.74, 6) is 0. The summed E-state index contributed by atoms with van der Waals surface area (Å²) in [5.41, 5.74) is 2.23. The van der Waals surface area contributed by atoms with Crippen LogP contribution in [0.1, 0.15) is 30.0 Å². The largest absolute Gasteiger partial charge is 0.311 e. The minimum absolute atomic E-state index is 0.204. The molecule has 2 aliphatic rings. The van der Waals surface area contributed by atoms with Gasteiger partial charge in [0, 0.05) is 22.3 Å². The summed E-state index contributed by atoms with van der Waals surface area (Å²) in [6, 6.07) is 0.463. The summed E-state index contributed by atoms with van der Waals surface area (Å²) in [7, 11) is 0. The Hall–Kier alpha value is -0.830. The first-order valence-electron chi connectivity index (χ1n) is 4.87. The summed E-state index contributed by atoms with van der Waals surface area (Å²) in [6.07, 6.45) is 9.11. The van der Waals surface area contributed by atoms with Gasteiger partial charge in [-0.2, -0.15) is 0 Å². The highest BCUT2D eigenvalue weighted by Gasteiger charge is 2.27. The molecule has 1 aromatic heterocycles. The molecule has 3 heteroatoms. The number of rotatable bonds is 1. The van der Waals surface area contributed by atoms with E-state index in [1.807, 2.05) is 22.9 Å². The van der Waals surface area contributed by atoms with Crippen LogP contribution in [0.3, 0.4) is 0 Å². The fourth-order valence-electron chi connectivity index (χ4n) is 1.96. The number of halogens is 1. The predicted octanol–water partition coefficient (Wildman–Crippen LogP) is 2.52. The van der Waals surface area contributed by atoms with Gasteiger partial charge in [-0.3, -0.25) is 4.79 Å². The molecule has 14 heavy (non-hydrogen) atoms. The fourth-order valence-corrected chi connectivity index (χ4v) is 2.55. The lowest BCUT2D eigenvalue weighted by Crippen LogP contribution is -2.22. The van der Waals surface area contributed by atoms with Crippen molar-refractivity contribution in [2.24, 2.45) is 0 Å². The summed E-state index contributed by atoms with van der Waals surface area (Å²) >= 11 is 3.52. The number of allylic oxidation sites excluding steroid dienone is 1. The van der Waals surface area contributed by atoms with E-state index in [1.54, 1.807) is 0 Å². The van der Waals surface area contributed by atoms with Crippen LogP contribution >= 0.6 is 15.9 Å². The van der Waals surface area contributed by atoms with Crippen LogP contribution < -0.4 is 5.56 Å². The van der Waals surface area contributed by atoms with Crippen LogP contribution in [0.15, 0.2) is 21.5 Å². The molecule has 0 aromatic carbocycles. The molecule has 1 heterocycles. The second-order valence-corrected chi connectivity index (χ2v) is 4.77. The number of pyridine rings is 1. The first kappa shape index (κ1) is 8.48. The molecular weight excluding hydrogens is 242 g/mol. The van der Waals surface area contributed by atoms with Gasteiger partial charge in [-0.1, -0.05) is 12.2 Å². The topological polar surface area (TPSA) is 22.0 Å². The standard InChI is InChI=1S/C11H10BrNO/c12-10-6-13(7-4-5-7)11(14)9-3-1-2-8(9)10/h1-2,6-7H,3-5H2. The number of hydrogen-bond donors (Lipinski definition) is 0. The molecule has 0 unspecified atom stereocenters. The van der Waals surface area contributed by atoms with Crippen molar-refractivity contribution in [2.75, 3.05) is 0 Å². The average Bonchev–Trinajstić information content (AvgIpc) is 2.88.